The summed E-state index contributed by atoms with van der Waals surface area (Å²) in [5.74, 6) is 0. The van der Waals surface area contributed by atoms with Crippen LogP contribution in [-0.4, -0.2) is 47.5 Å². The minimum Gasteiger partial charge on any atom is -0.387 e. The van der Waals surface area contributed by atoms with Gasteiger partial charge in [-0.3, -0.25) is 0 Å². The average Bonchev–Trinajstić information content (AvgIpc) is 2.71. The fourth-order valence-electron chi connectivity index (χ4n) is 3.25. The van der Waals surface area contributed by atoms with Gasteiger partial charge in [-0.1, -0.05) is 60.7 Å². The Balaban J connectivity index is 1.40. The number of rotatable bonds is 4. The lowest BCUT2D eigenvalue weighted by Crippen LogP contribution is -2.62. The smallest absolute Gasteiger partial charge is 0.187 e. The number of hydrogen-bond acceptors (Lipinski definition) is 6. The third-order valence-electron chi connectivity index (χ3n) is 4.66. The number of fused-ring (bicyclic) bond motifs is 1. The Morgan fingerprint density at radius 2 is 1.58 bits per heavy atom. The van der Waals surface area contributed by atoms with Crippen molar-refractivity contribution in [3.05, 3.63) is 71.8 Å². The third kappa shape index (κ3) is 3.66. The highest BCUT2D eigenvalue weighted by atomic mass is 16.8. The van der Waals surface area contributed by atoms with Crippen molar-refractivity contribution in [3.63, 3.8) is 0 Å². The molecule has 0 aromatic heterocycles. The van der Waals surface area contributed by atoms with Crippen molar-refractivity contribution in [3.8, 4) is 0 Å². The van der Waals surface area contributed by atoms with Gasteiger partial charge in [0.15, 0.2) is 12.6 Å². The molecule has 3 unspecified atom stereocenters. The van der Waals surface area contributed by atoms with Gasteiger partial charge in [-0.2, -0.15) is 0 Å². The maximum absolute atomic E-state index is 10.5. The van der Waals surface area contributed by atoms with Crippen LogP contribution in [0.4, 0.5) is 0 Å². The predicted molar refractivity (Wildman–Crippen MR) is 91.9 cm³/mol. The molecule has 6 heteroatoms. The first-order chi connectivity index (χ1) is 12.7. The molecular weight excluding hydrogens is 336 g/mol. The second-order valence-corrected chi connectivity index (χ2v) is 6.50. The SMILES string of the molecule is OC1[C@H]2OC(c3ccccc3)OCC2O[C@@H](OCc2ccccc2)[C@@H]1O. The van der Waals surface area contributed by atoms with Crippen LogP contribution in [0, 0.1) is 0 Å². The van der Waals surface area contributed by atoms with E-state index in [-0.39, 0.29) is 13.2 Å². The molecule has 2 aromatic carbocycles. The summed E-state index contributed by atoms with van der Waals surface area (Å²) in [5, 5.41) is 20.9. The van der Waals surface area contributed by atoms with Crippen LogP contribution in [0.1, 0.15) is 17.4 Å². The zero-order valence-electron chi connectivity index (χ0n) is 14.2. The molecule has 6 nitrogen and oxygen atoms in total. The van der Waals surface area contributed by atoms with Gasteiger partial charge in [0.1, 0.15) is 24.4 Å². The van der Waals surface area contributed by atoms with Gasteiger partial charge in [0, 0.05) is 5.56 Å². The Kier molecular flexibility index (Phi) is 5.31. The molecule has 138 valence electrons. The van der Waals surface area contributed by atoms with Crippen molar-refractivity contribution in [2.24, 2.45) is 0 Å². The van der Waals surface area contributed by atoms with E-state index in [0.717, 1.165) is 11.1 Å². The van der Waals surface area contributed by atoms with Crippen LogP contribution >= 0.6 is 0 Å². The number of aliphatic hydroxyl groups excluding tert-OH is 2. The maximum Gasteiger partial charge on any atom is 0.187 e. The Labute approximate surface area is 151 Å². The first kappa shape index (κ1) is 17.6. The molecule has 0 aliphatic carbocycles. The number of benzene rings is 2. The van der Waals surface area contributed by atoms with Crippen LogP contribution in [0.25, 0.3) is 0 Å². The van der Waals surface area contributed by atoms with E-state index in [1.54, 1.807) is 0 Å². The van der Waals surface area contributed by atoms with Gasteiger partial charge in [-0.25, -0.2) is 0 Å². The summed E-state index contributed by atoms with van der Waals surface area (Å²) in [4.78, 5) is 0. The first-order valence-corrected chi connectivity index (χ1v) is 8.71. The first-order valence-electron chi connectivity index (χ1n) is 8.71. The monoisotopic (exact) mass is 358 g/mol. The molecule has 26 heavy (non-hydrogen) atoms. The number of hydrogen-bond donors (Lipinski definition) is 2. The molecule has 2 N–H and O–H groups in total. The standard InChI is InChI=1S/C20H22O6/c21-16-17(22)20(23-11-13-7-3-1-4-8-13)25-15-12-24-19(26-18(15)16)14-9-5-2-6-10-14/h1-10,15-22H,11-12H2/t15?,16?,17-,18+,19?,20-/m1/s1. The highest BCUT2D eigenvalue weighted by Gasteiger charge is 2.49. The molecule has 0 bridgehead atoms. The fourth-order valence-corrected chi connectivity index (χ4v) is 3.25. The molecule has 2 aliphatic rings. The Hall–Kier alpha value is -1.80. The third-order valence-corrected chi connectivity index (χ3v) is 4.66. The highest BCUT2D eigenvalue weighted by molar-refractivity contribution is 5.17. The summed E-state index contributed by atoms with van der Waals surface area (Å²) in [6, 6.07) is 19.1. The van der Waals surface area contributed by atoms with E-state index in [2.05, 4.69) is 0 Å². The van der Waals surface area contributed by atoms with E-state index < -0.39 is 37.0 Å². The van der Waals surface area contributed by atoms with Gasteiger partial charge in [-0.15, -0.1) is 0 Å². The summed E-state index contributed by atoms with van der Waals surface area (Å²) in [6.45, 7) is 0.528. The molecule has 0 saturated carbocycles. The lowest BCUT2D eigenvalue weighted by Gasteiger charge is -2.46. The second kappa shape index (κ2) is 7.84. The van der Waals surface area contributed by atoms with Crippen LogP contribution < -0.4 is 0 Å². The van der Waals surface area contributed by atoms with Crippen LogP contribution in [0.3, 0.4) is 0 Å². The van der Waals surface area contributed by atoms with Crippen molar-refractivity contribution in [1.82, 2.24) is 0 Å². The van der Waals surface area contributed by atoms with E-state index >= 15 is 0 Å². The second-order valence-electron chi connectivity index (χ2n) is 6.50. The minimum atomic E-state index is -1.20. The van der Waals surface area contributed by atoms with Gasteiger partial charge in [0.25, 0.3) is 0 Å². The molecule has 2 aliphatic heterocycles. The van der Waals surface area contributed by atoms with E-state index in [1.165, 1.54) is 0 Å². The van der Waals surface area contributed by atoms with Crippen molar-refractivity contribution in [2.45, 2.75) is 43.6 Å². The van der Waals surface area contributed by atoms with Gasteiger partial charge in [0.2, 0.25) is 0 Å². The Bertz CT molecular complexity index is 692. The van der Waals surface area contributed by atoms with E-state index in [4.69, 9.17) is 18.9 Å². The average molecular weight is 358 g/mol. The zero-order chi connectivity index (χ0) is 17.9. The van der Waals surface area contributed by atoms with Gasteiger partial charge in [0.05, 0.1) is 13.2 Å². The van der Waals surface area contributed by atoms with Crippen molar-refractivity contribution in [1.29, 1.82) is 0 Å². The Morgan fingerprint density at radius 1 is 0.885 bits per heavy atom. The fraction of sp³-hybridized carbons (Fsp3) is 0.400. The van der Waals surface area contributed by atoms with Crippen LogP contribution in [0.15, 0.2) is 60.7 Å². The highest BCUT2D eigenvalue weighted by Crippen LogP contribution is 2.34. The van der Waals surface area contributed by atoms with Crippen molar-refractivity contribution in [2.75, 3.05) is 6.61 Å². The topological polar surface area (TPSA) is 77.4 Å². The zero-order valence-corrected chi connectivity index (χ0v) is 14.2. The molecule has 2 aromatic rings. The summed E-state index contributed by atoms with van der Waals surface area (Å²) in [7, 11) is 0. The van der Waals surface area contributed by atoms with E-state index in [9.17, 15) is 10.2 Å². The van der Waals surface area contributed by atoms with Gasteiger partial charge >= 0.3 is 0 Å². The summed E-state index contributed by atoms with van der Waals surface area (Å²) in [5.41, 5.74) is 1.82. The summed E-state index contributed by atoms with van der Waals surface area (Å²) < 4.78 is 23.1. The molecule has 2 saturated heterocycles. The molecule has 0 spiro atoms. The predicted octanol–water partition coefficient (Wildman–Crippen LogP) is 1.76. The maximum atomic E-state index is 10.5. The quantitative estimate of drug-likeness (QED) is 0.867. The van der Waals surface area contributed by atoms with Crippen LogP contribution in [0.5, 0.6) is 0 Å². The molecule has 2 heterocycles. The normalized spacial score (nSPS) is 34.2. The lowest BCUT2D eigenvalue weighted by atomic mass is 9.98. The summed E-state index contributed by atoms with van der Waals surface area (Å²) >= 11 is 0. The lowest BCUT2D eigenvalue weighted by molar-refractivity contribution is -0.362. The Morgan fingerprint density at radius 3 is 2.31 bits per heavy atom. The van der Waals surface area contributed by atoms with E-state index in [1.807, 2.05) is 60.7 Å². The molecule has 0 radical (unpaired) electrons. The minimum absolute atomic E-state index is 0.249. The number of aliphatic hydroxyl groups is 2. The molecule has 2 fully saturated rings. The molecular formula is C20H22O6. The summed E-state index contributed by atoms with van der Waals surface area (Å²) in [6.07, 6.45) is -5.04. The number of ether oxygens (including phenoxy) is 4. The van der Waals surface area contributed by atoms with Crippen molar-refractivity contribution < 1.29 is 29.2 Å². The van der Waals surface area contributed by atoms with E-state index in [0.29, 0.717) is 0 Å². The molecule has 4 rings (SSSR count). The van der Waals surface area contributed by atoms with Crippen molar-refractivity contribution >= 4 is 0 Å². The molecule has 0 amide bonds. The largest absolute Gasteiger partial charge is 0.387 e. The van der Waals surface area contributed by atoms with Crippen LogP contribution in [-0.2, 0) is 25.6 Å². The van der Waals surface area contributed by atoms with Crippen LogP contribution in [0.2, 0.25) is 0 Å². The van der Waals surface area contributed by atoms with Gasteiger partial charge in [-0.05, 0) is 5.56 Å². The van der Waals surface area contributed by atoms with Gasteiger partial charge < -0.3 is 29.2 Å². The molecule has 6 atom stereocenters.